The molecule has 3 atom stereocenters. The van der Waals surface area contributed by atoms with Crippen LogP contribution in [-0.2, 0) is 14.4 Å². The number of carboxylic acid groups (broad SMARTS) is 1. The SMILES string of the molecule is CN1CC(C(=O)NC2CCCCCCC2C(=O)O)CC1=O. The third-order valence-corrected chi connectivity index (χ3v) is 4.62. The van der Waals surface area contributed by atoms with Crippen molar-refractivity contribution in [1.29, 1.82) is 0 Å². The molecule has 3 unspecified atom stereocenters. The molecular formula is C15H24N2O4. The molecule has 1 saturated heterocycles. The predicted octanol–water partition coefficient (Wildman–Crippen LogP) is 1.00. The maximum Gasteiger partial charge on any atom is 0.308 e. The Balaban J connectivity index is 1.98. The largest absolute Gasteiger partial charge is 0.481 e. The second-order valence-electron chi connectivity index (χ2n) is 6.23. The van der Waals surface area contributed by atoms with E-state index in [0.717, 1.165) is 25.7 Å². The summed E-state index contributed by atoms with van der Waals surface area (Å²) >= 11 is 0. The van der Waals surface area contributed by atoms with E-state index in [0.29, 0.717) is 19.4 Å². The molecule has 6 nitrogen and oxygen atoms in total. The van der Waals surface area contributed by atoms with Crippen molar-refractivity contribution in [3.63, 3.8) is 0 Å². The van der Waals surface area contributed by atoms with E-state index in [-0.39, 0.29) is 30.2 Å². The molecule has 2 N–H and O–H groups in total. The average molecular weight is 296 g/mol. The lowest BCUT2D eigenvalue weighted by atomic mass is 9.86. The number of likely N-dealkylation sites (tertiary alicyclic amines) is 1. The second kappa shape index (κ2) is 6.91. The molecule has 0 spiro atoms. The standard InChI is InChI=1S/C15H24N2O4/c1-17-9-10(8-13(17)18)14(19)16-12-7-5-3-2-4-6-11(12)15(20)21/h10-12H,2-9H2,1H3,(H,16,19)(H,20,21). The van der Waals surface area contributed by atoms with Crippen molar-refractivity contribution in [2.45, 2.75) is 51.0 Å². The lowest BCUT2D eigenvalue weighted by Gasteiger charge is -2.28. The van der Waals surface area contributed by atoms with Gasteiger partial charge in [-0.25, -0.2) is 0 Å². The van der Waals surface area contributed by atoms with Crippen molar-refractivity contribution in [3.8, 4) is 0 Å². The van der Waals surface area contributed by atoms with E-state index < -0.39 is 11.9 Å². The minimum atomic E-state index is -0.832. The first-order chi connectivity index (χ1) is 9.99. The molecule has 2 amide bonds. The zero-order valence-corrected chi connectivity index (χ0v) is 12.5. The number of carboxylic acids is 1. The van der Waals surface area contributed by atoms with Gasteiger partial charge in [0, 0.05) is 26.1 Å². The summed E-state index contributed by atoms with van der Waals surface area (Å²) < 4.78 is 0. The van der Waals surface area contributed by atoms with Gasteiger partial charge in [-0.1, -0.05) is 25.7 Å². The highest BCUT2D eigenvalue weighted by molar-refractivity contribution is 5.89. The van der Waals surface area contributed by atoms with Gasteiger partial charge >= 0.3 is 5.97 Å². The normalized spacial score (nSPS) is 30.6. The number of hydrogen-bond acceptors (Lipinski definition) is 3. The highest BCUT2D eigenvalue weighted by atomic mass is 16.4. The van der Waals surface area contributed by atoms with Crippen LogP contribution in [0.25, 0.3) is 0 Å². The number of aliphatic carboxylic acids is 1. The van der Waals surface area contributed by atoms with Crippen molar-refractivity contribution in [3.05, 3.63) is 0 Å². The van der Waals surface area contributed by atoms with Crippen LogP contribution >= 0.6 is 0 Å². The fourth-order valence-electron chi connectivity index (χ4n) is 3.29. The summed E-state index contributed by atoms with van der Waals surface area (Å²) in [4.78, 5) is 36.8. The maximum absolute atomic E-state index is 12.3. The molecule has 1 heterocycles. The molecule has 1 saturated carbocycles. The van der Waals surface area contributed by atoms with E-state index >= 15 is 0 Å². The summed E-state index contributed by atoms with van der Waals surface area (Å²) in [7, 11) is 1.69. The van der Waals surface area contributed by atoms with E-state index in [1.165, 1.54) is 0 Å². The van der Waals surface area contributed by atoms with Gasteiger partial charge in [0.15, 0.2) is 0 Å². The highest BCUT2D eigenvalue weighted by Crippen LogP contribution is 2.24. The molecule has 0 aromatic carbocycles. The molecule has 0 aromatic rings. The van der Waals surface area contributed by atoms with Gasteiger partial charge in [-0.15, -0.1) is 0 Å². The summed E-state index contributed by atoms with van der Waals surface area (Å²) in [5.41, 5.74) is 0. The first-order valence-corrected chi connectivity index (χ1v) is 7.76. The number of carbonyl (C=O) groups is 3. The van der Waals surface area contributed by atoms with Crippen LogP contribution in [-0.4, -0.2) is 47.4 Å². The van der Waals surface area contributed by atoms with E-state index in [2.05, 4.69) is 5.32 Å². The summed E-state index contributed by atoms with van der Waals surface area (Å²) in [6.45, 7) is 0.426. The molecule has 21 heavy (non-hydrogen) atoms. The molecule has 1 aliphatic carbocycles. The van der Waals surface area contributed by atoms with E-state index in [1.807, 2.05) is 0 Å². The van der Waals surface area contributed by atoms with Crippen molar-refractivity contribution in [2.75, 3.05) is 13.6 Å². The number of nitrogens with one attached hydrogen (secondary N) is 1. The first-order valence-electron chi connectivity index (χ1n) is 7.76. The molecule has 0 radical (unpaired) electrons. The second-order valence-corrected chi connectivity index (χ2v) is 6.23. The van der Waals surface area contributed by atoms with Crippen LogP contribution in [0.15, 0.2) is 0 Å². The number of hydrogen-bond donors (Lipinski definition) is 2. The van der Waals surface area contributed by atoms with Crippen LogP contribution in [0.5, 0.6) is 0 Å². The van der Waals surface area contributed by atoms with Crippen molar-refractivity contribution in [2.24, 2.45) is 11.8 Å². The molecule has 2 fully saturated rings. The topological polar surface area (TPSA) is 86.7 Å². The van der Waals surface area contributed by atoms with E-state index in [1.54, 1.807) is 11.9 Å². The van der Waals surface area contributed by atoms with Crippen molar-refractivity contribution in [1.82, 2.24) is 10.2 Å². The van der Waals surface area contributed by atoms with Gasteiger partial charge in [-0.2, -0.15) is 0 Å². The number of amides is 2. The summed E-state index contributed by atoms with van der Waals surface area (Å²) in [6, 6.07) is -0.309. The van der Waals surface area contributed by atoms with Gasteiger partial charge in [-0.3, -0.25) is 14.4 Å². The first kappa shape index (κ1) is 15.8. The zero-order valence-electron chi connectivity index (χ0n) is 12.5. The lowest BCUT2D eigenvalue weighted by Crippen LogP contribution is -2.46. The number of nitrogens with zero attached hydrogens (tertiary/aromatic N) is 1. The Kier molecular flexibility index (Phi) is 5.20. The summed E-state index contributed by atoms with van der Waals surface area (Å²) in [5, 5.41) is 12.3. The smallest absolute Gasteiger partial charge is 0.308 e. The lowest BCUT2D eigenvalue weighted by molar-refractivity contribution is -0.144. The molecular weight excluding hydrogens is 272 g/mol. The highest BCUT2D eigenvalue weighted by Gasteiger charge is 2.35. The Hall–Kier alpha value is -1.59. The fraction of sp³-hybridized carbons (Fsp3) is 0.800. The van der Waals surface area contributed by atoms with Crippen molar-refractivity contribution >= 4 is 17.8 Å². The van der Waals surface area contributed by atoms with Gasteiger partial charge < -0.3 is 15.3 Å². The summed E-state index contributed by atoms with van der Waals surface area (Å²) in [6.07, 6.45) is 5.54. The Morgan fingerprint density at radius 1 is 1.19 bits per heavy atom. The maximum atomic E-state index is 12.3. The fourth-order valence-corrected chi connectivity index (χ4v) is 3.29. The van der Waals surface area contributed by atoms with Crippen LogP contribution < -0.4 is 5.32 Å². The van der Waals surface area contributed by atoms with Crippen LogP contribution in [0.2, 0.25) is 0 Å². The number of rotatable bonds is 3. The van der Waals surface area contributed by atoms with E-state index in [9.17, 15) is 19.5 Å². The van der Waals surface area contributed by atoms with Gasteiger partial charge in [0.05, 0.1) is 11.8 Å². The third kappa shape index (κ3) is 3.95. The number of carbonyl (C=O) groups excluding carboxylic acids is 2. The zero-order chi connectivity index (χ0) is 15.4. The molecule has 118 valence electrons. The predicted molar refractivity (Wildman–Crippen MR) is 76.5 cm³/mol. The molecule has 2 aliphatic rings. The average Bonchev–Trinajstić information content (AvgIpc) is 2.72. The minimum Gasteiger partial charge on any atom is -0.481 e. The third-order valence-electron chi connectivity index (χ3n) is 4.62. The van der Waals surface area contributed by atoms with Crippen LogP contribution in [0, 0.1) is 11.8 Å². The molecule has 0 aromatic heterocycles. The quantitative estimate of drug-likeness (QED) is 0.813. The van der Waals surface area contributed by atoms with Gasteiger partial charge in [0.2, 0.25) is 11.8 Å². The van der Waals surface area contributed by atoms with Crippen LogP contribution in [0.3, 0.4) is 0 Å². The van der Waals surface area contributed by atoms with E-state index in [4.69, 9.17) is 0 Å². The Labute approximate surface area is 124 Å². The van der Waals surface area contributed by atoms with Gasteiger partial charge in [0.1, 0.15) is 0 Å². The van der Waals surface area contributed by atoms with Crippen molar-refractivity contribution < 1.29 is 19.5 Å². The minimum absolute atomic E-state index is 0.0254. The van der Waals surface area contributed by atoms with Gasteiger partial charge in [0.25, 0.3) is 0 Å². The Bertz CT molecular complexity index is 424. The van der Waals surface area contributed by atoms with Crippen LogP contribution in [0.1, 0.15) is 44.9 Å². The Morgan fingerprint density at radius 3 is 2.43 bits per heavy atom. The Morgan fingerprint density at radius 2 is 1.86 bits per heavy atom. The summed E-state index contributed by atoms with van der Waals surface area (Å²) in [5.74, 6) is -1.89. The van der Waals surface area contributed by atoms with Crippen LogP contribution in [0.4, 0.5) is 0 Å². The molecule has 6 heteroatoms. The molecule has 1 aliphatic heterocycles. The monoisotopic (exact) mass is 296 g/mol. The van der Waals surface area contributed by atoms with Gasteiger partial charge in [-0.05, 0) is 12.8 Å². The molecule has 2 rings (SSSR count). The molecule has 0 bridgehead atoms.